The first kappa shape index (κ1) is 13.3. The van der Waals surface area contributed by atoms with Crippen molar-refractivity contribution in [2.24, 2.45) is 5.92 Å². The number of hydrogen-bond acceptors (Lipinski definition) is 2. The Morgan fingerprint density at radius 2 is 1.88 bits per heavy atom. The second-order valence-electron chi connectivity index (χ2n) is 3.64. The summed E-state index contributed by atoms with van der Waals surface area (Å²) in [6.07, 6.45) is -4.45. The summed E-state index contributed by atoms with van der Waals surface area (Å²) in [7, 11) is 0. The van der Waals surface area contributed by atoms with E-state index in [1.807, 2.05) is 0 Å². The Bertz CT molecular complexity index is 384. The van der Waals surface area contributed by atoms with Gasteiger partial charge in [0.1, 0.15) is 5.75 Å². The molecule has 0 aliphatic carbocycles. The molecule has 1 atom stereocenters. The fraction of sp³-hybridized carbons (Fsp3) is 0.364. The van der Waals surface area contributed by atoms with E-state index in [0.717, 1.165) is 12.1 Å². The molecule has 1 rings (SSSR count). The van der Waals surface area contributed by atoms with E-state index in [-0.39, 0.29) is 12.2 Å². The van der Waals surface area contributed by atoms with Gasteiger partial charge in [0, 0.05) is 0 Å². The number of carboxylic acid groups (broad SMARTS) is 1. The van der Waals surface area contributed by atoms with Gasteiger partial charge in [-0.1, -0.05) is 19.1 Å². The zero-order valence-electron chi connectivity index (χ0n) is 8.99. The molecule has 17 heavy (non-hydrogen) atoms. The van der Waals surface area contributed by atoms with Crippen molar-refractivity contribution < 1.29 is 27.8 Å². The Morgan fingerprint density at radius 3 is 2.29 bits per heavy atom. The molecule has 1 aromatic carbocycles. The van der Waals surface area contributed by atoms with Crippen LogP contribution in [0.2, 0.25) is 0 Å². The highest BCUT2D eigenvalue weighted by atomic mass is 19.4. The maximum atomic E-state index is 11.9. The van der Waals surface area contributed by atoms with Gasteiger partial charge in [-0.25, -0.2) is 0 Å². The van der Waals surface area contributed by atoms with Crippen LogP contribution in [-0.2, 0) is 11.2 Å². The molecule has 0 fully saturated rings. The molecule has 1 N–H and O–H groups in total. The Balaban J connectivity index is 2.65. The SMILES string of the molecule is C[C@@H](Cc1ccc(OC(F)(F)F)cc1)C(=O)O. The molecule has 94 valence electrons. The summed E-state index contributed by atoms with van der Waals surface area (Å²) in [6, 6.07) is 5.16. The van der Waals surface area contributed by atoms with Crippen molar-refractivity contribution in [3.05, 3.63) is 29.8 Å². The molecule has 0 unspecified atom stereocenters. The number of carbonyl (C=O) groups is 1. The second kappa shape index (κ2) is 5.07. The van der Waals surface area contributed by atoms with Crippen LogP contribution >= 0.6 is 0 Å². The van der Waals surface area contributed by atoms with Crippen LogP contribution in [0.15, 0.2) is 24.3 Å². The van der Waals surface area contributed by atoms with Gasteiger partial charge in [0.25, 0.3) is 0 Å². The van der Waals surface area contributed by atoms with E-state index in [0.29, 0.717) is 5.56 Å². The van der Waals surface area contributed by atoms with E-state index in [1.54, 1.807) is 0 Å². The molecule has 0 bridgehead atoms. The first-order valence-corrected chi connectivity index (χ1v) is 4.85. The summed E-state index contributed by atoms with van der Waals surface area (Å²) >= 11 is 0. The molecule has 0 spiro atoms. The van der Waals surface area contributed by atoms with Crippen molar-refractivity contribution in [1.82, 2.24) is 0 Å². The Morgan fingerprint density at radius 1 is 1.35 bits per heavy atom. The van der Waals surface area contributed by atoms with Gasteiger partial charge < -0.3 is 9.84 Å². The average Bonchev–Trinajstić information content (AvgIpc) is 2.18. The molecule has 6 heteroatoms. The van der Waals surface area contributed by atoms with Gasteiger partial charge in [-0.15, -0.1) is 13.2 Å². The number of alkyl halides is 3. The summed E-state index contributed by atoms with van der Waals surface area (Å²) in [4.78, 5) is 10.6. The molecule has 1 aromatic rings. The van der Waals surface area contributed by atoms with Gasteiger partial charge >= 0.3 is 12.3 Å². The van der Waals surface area contributed by atoms with Gasteiger partial charge in [-0.05, 0) is 24.1 Å². The van der Waals surface area contributed by atoms with E-state index in [9.17, 15) is 18.0 Å². The number of rotatable bonds is 4. The fourth-order valence-electron chi connectivity index (χ4n) is 1.27. The van der Waals surface area contributed by atoms with Crippen LogP contribution in [0, 0.1) is 5.92 Å². The molecule has 0 aromatic heterocycles. The summed E-state index contributed by atoms with van der Waals surface area (Å²) in [5, 5.41) is 8.68. The zero-order chi connectivity index (χ0) is 13.1. The van der Waals surface area contributed by atoms with Gasteiger partial charge in [0.05, 0.1) is 5.92 Å². The van der Waals surface area contributed by atoms with Crippen LogP contribution in [-0.4, -0.2) is 17.4 Å². The highest BCUT2D eigenvalue weighted by Gasteiger charge is 2.30. The monoisotopic (exact) mass is 248 g/mol. The minimum absolute atomic E-state index is 0.266. The van der Waals surface area contributed by atoms with Crippen LogP contribution in [0.1, 0.15) is 12.5 Å². The summed E-state index contributed by atoms with van der Waals surface area (Å²) in [5.41, 5.74) is 0.648. The van der Waals surface area contributed by atoms with Crippen LogP contribution in [0.4, 0.5) is 13.2 Å². The summed E-state index contributed by atoms with van der Waals surface area (Å²) in [5.74, 6) is -1.84. The molecule has 0 saturated carbocycles. The predicted molar refractivity (Wildman–Crippen MR) is 53.6 cm³/mol. The topological polar surface area (TPSA) is 46.5 Å². The Hall–Kier alpha value is -1.72. The number of carboxylic acids is 1. The van der Waals surface area contributed by atoms with Gasteiger partial charge in [-0.3, -0.25) is 4.79 Å². The van der Waals surface area contributed by atoms with Gasteiger partial charge in [0.2, 0.25) is 0 Å². The Kier molecular flexibility index (Phi) is 3.98. The fourth-order valence-corrected chi connectivity index (χ4v) is 1.27. The molecule has 0 heterocycles. The van der Waals surface area contributed by atoms with Crippen molar-refractivity contribution in [3.8, 4) is 5.75 Å². The number of ether oxygens (including phenoxy) is 1. The lowest BCUT2D eigenvalue weighted by atomic mass is 10.0. The standard InChI is InChI=1S/C11H11F3O3/c1-7(10(15)16)6-8-2-4-9(5-3-8)17-11(12,13)14/h2-5,7H,6H2,1H3,(H,15,16)/t7-/m0/s1. The highest BCUT2D eigenvalue weighted by molar-refractivity contribution is 5.69. The maximum absolute atomic E-state index is 11.9. The highest BCUT2D eigenvalue weighted by Crippen LogP contribution is 2.23. The largest absolute Gasteiger partial charge is 0.573 e. The lowest BCUT2D eigenvalue weighted by molar-refractivity contribution is -0.274. The first-order chi connectivity index (χ1) is 7.78. The predicted octanol–water partition coefficient (Wildman–Crippen LogP) is 2.85. The quantitative estimate of drug-likeness (QED) is 0.891. The molecule has 0 radical (unpaired) electrons. The Labute approximate surface area is 95.8 Å². The minimum atomic E-state index is -4.71. The van der Waals surface area contributed by atoms with Gasteiger partial charge in [0.15, 0.2) is 0 Å². The molecule has 3 nitrogen and oxygen atoms in total. The molecule has 0 aliphatic rings. The number of hydrogen-bond donors (Lipinski definition) is 1. The third-order valence-corrected chi connectivity index (χ3v) is 2.12. The van der Waals surface area contributed by atoms with E-state index in [2.05, 4.69) is 4.74 Å². The number of halogens is 3. The summed E-state index contributed by atoms with van der Waals surface area (Å²) < 4.78 is 39.3. The van der Waals surface area contributed by atoms with E-state index < -0.39 is 18.2 Å². The van der Waals surface area contributed by atoms with Gasteiger partial charge in [-0.2, -0.15) is 0 Å². The smallest absolute Gasteiger partial charge is 0.481 e. The van der Waals surface area contributed by atoms with Crippen LogP contribution in [0.3, 0.4) is 0 Å². The lowest BCUT2D eigenvalue weighted by Crippen LogP contribution is -2.17. The summed E-state index contributed by atoms with van der Waals surface area (Å²) in [6.45, 7) is 1.53. The van der Waals surface area contributed by atoms with Crippen LogP contribution < -0.4 is 4.74 Å². The lowest BCUT2D eigenvalue weighted by Gasteiger charge is -2.10. The van der Waals surface area contributed by atoms with Crippen LogP contribution in [0.5, 0.6) is 5.75 Å². The van der Waals surface area contributed by atoms with Crippen molar-refractivity contribution in [2.75, 3.05) is 0 Å². The number of benzene rings is 1. The molecule has 0 saturated heterocycles. The van der Waals surface area contributed by atoms with Crippen LogP contribution in [0.25, 0.3) is 0 Å². The minimum Gasteiger partial charge on any atom is -0.481 e. The van der Waals surface area contributed by atoms with Crippen molar-refractivity contribution in [3.63, 3.8) is 0 Å². The molecular formula is C11H11F3O3. The van der Waals surface area contributed by atoms with E-state index >= 15 is 0 Å². The first-order valence-electron chi connectivity index (χ1n) is 4.85. The van der Waals surface area contributed by atoms with Crippen molar-refractivity contribution in [1.29, 1.82) is 0 Å². The van der Waals surface area contributed by atoms with E-state index in [1.165, 1.54) is 19.1 Å². The maximum Gasteiger partial charge on any atom is 0.573 e. The zero-order valence-corrected chi connectivity index (χ0v) is 8.99. The average molecular weight is 248 g/mol. The second-order valence-corrected chi connectivity index (χ2v) is 3.64. The normalized spacial score (nSPS) is 13.2. The third-order valence-electron chi connectivity index (χ3n) is 2.12. The number of aliphatic carboxylic acids is 1. The van der Waals surface area contributed by atoms with E-state index in [4.69, 9.17) is 5.11 Å². The molecule has 0 aliphatic heterocycles. The van der Waals surface area contributed by atoms with Crippen molar-refractivity contribution >= 4 is 5.97 Å². The molecular weight excluding hydrogens is 237 g/mol. The third kappa shape index (κ3) is 4.76. The van der Waals surface area contributed by atoms with Crippen molar-refractivity contribution in [2.45, 2.75) is 19.7 Å². The molecule has 0 amide bonds.